The second-order valence-corrected chi connectivity index (χ2v) is 3.97. The van der Waals surface area contributed by atoms with Gasteiger partial charge >= 0.3 is 0 Å². The smallest absolute Gasteiger partial charge is 0.141 e. The Morgan fingerprint density at radius 2 is 1.69 bits per heavy atom. The lowest BCUT2D eigenvalue weighted by atomic mass is 10.0. The number of benzene rings is 2. The van der Waals surface area contributed by atoms with Crippen LogP contribution in [0.15, 0.2) is 59.2 Å². The number of hydrogen-bond donors (Lipinski definition) is 0. The van der Waals surface area contributed by atoms with Crippen molar-refractivity contribution in [3.05, 3.63) is 60.4 Å². The Bertz CT molecular complexity index is 620. The first-order valence-corrected chi connectivity index (χ1v) is 5.38. The summed E-state index contributed by atoms with van der Waals surface area (Å²) in [5.41, 5.74) is 4.52. The number of para-hydroxylation sites is 1. The van der Waals surface area contributed by atoms with Gasteiger partial charge < -0.3 is 4.42 Å². The molecule has 0 atom stereocenters. The van der Waals surface area contributed by atoms with E-state index in [1.54, 1.807) is 0 Å². The van der Waals surface area contributed by atoms with E-state index in [2.05, 4.69) is 37.3 Å². The normalized spacial score (nSPS) is 10.8. The van der Waals surface area contributed by atoms with Crippen LogP contribution in [0.2, 0.25) is 0 Å². The van der Waals surface area contributed by atoms with Crippen LogP contribution < -0.4 is 0 Å². The van der Waals surface area contributed by atoms with E-state index in [1.165, 1.54) is 16.5 Å². The van der Waals surface area contributed by atoms with E-state index >= 15 is 0 Å². The zero-order chi connectivity index (χ0) is 11.0. The molecule has 0 aliphatic heterocycles. The molecule has 0 bridgehead atoms. The highest BCUT2D eigenvalue weighted by molar-refractivity contribution is 5.94. The van der Waals surface area contributed by atoms with Crippen LogP contribution in [-0.4, -0.2) is 0 Å². The predicted molar refractivity (Wildman–Crippen MR) is 66.4 cm³/mol. The van der Waals surface area contributed by atoms with Crippen molar-refractivity contribution in [3.63, 3.8) is 0 Å². The molecule has 78 valence electrons. The van der Waals surface area contributed by atoms with Crippen LogP contribution in [0, 0.1) is 6.92 Å². The fraction of sp³-hybridized carbons (Fsp3) is 0.0667. The van der Waals surface area contributed by atoms with E-state index in [0.29, 0.717) is 0 Å². The molecule has 0 aliphatic rings. The first-order valence-electron chi connectivity index (χ1n) is 5.38. The highest BCUT2D eigenvalue weighted by Gasteiger charge is 2.07. The molecule has 0 spiro atoms. The quantitative estimate of drug-likeness (QED) is 0.577. The zero-order valence-corrected chi connectivity index (χ0v) is 9.10. The van der Waals surface area contributed by atoms with Crippen LogP contribution >= 0.6 is 0 Å². The van der Waals surface area contributed by atoms with Gasteiger partial charge in [0.15, 0.2) is 0 Å². The summed E-state index contributed by atoms with van der Waals surface area (Å²) in [5, 5.41) is 1.20. The standard InChI is InChI=1S/C15H12O/c1-11-10-16-15-13(11)8-5-9-14(15)12-6-3-2-4-7-12/h2-10H,1H3. The summed E-state index contributed by atoms with van der Waals surface area (Å²) >= 11 is 0. The van der Waals surface area contributed by atoms with Crippen molar-refractivity contribution in [2.24, 2.45) is 0 Å². The van der Waals surface area contributed by atoms with E-state index in [4.69, 9.17) is 4.42 Å². The average Bonchev–Trinajstić information content (AvgIpc) is 2.73. The molecule has 1 heteroatoms. The van der Waals surface area contributed by atoms with E-state index < -0.39 is 0 Å². The summed E-state index contributed by atoms with van der Waals surface area (Å²) in [6, 6.07) is 16.6. The molecule has 0 saturated heterocycles. The van der Waals surface area contributed by atoms with Gasteiger partial charge in [-0.1, -0.05) is 48.5 Å². The molecule has 0 N–H and O–H groups in total. The summed E-state index contributed by atoms with van der Waals surface area (Å²) in [6.07, 6.45) is 1.82. The number of fused-ring (bicyclic) bond motifs is 1. The van der Waals surface area contributed by atoms with Crippen molar-refractivity contribution >= 4 is 11.0 Å². The van der Waals surface area contributed by atoms with Gasteiger partial charge in [0.1, 0.15) is 5.58 Å². The van der Waals surface area contributed by atoms with Crippen LogP contribution in [-0.2, 0) is 0 Å². The van der Waals surface area contributed by atoms with Crippen LogP contribution in [0.3, 0.4) is 0 Å². The lowest BCUT2D eigenvalue weighted by Crippen LogP contribution is -1.77. The minimum Gasteiger partial charge on any atom is -0.463 e. The molecule has 1 aromatic heterocycles. The van der Waals surface area contributed by atoms with Crippen molar-refractivity contribution in [1.29, 1.82) is 0 Å². The van der Waals surface area contributed by atoms with E-state index in [-0.39, 0.29) is 0 Å². The van der Waals surface area contributed by atoms with Crippen molar-refractivity contribution < 1.29 is 4.42 Å². The van der Waals surface area contributed by atoms with Crippen LogP contribution in [0.4, 0.5) is 0 Å². The van der Waals surface area contributed by atoms with Gasteiger partial charge in [-0.05, 0) is 18.1 Å². The molecule has 2 aromatic carbocycles. The Labute approximate surface area is 94.3 Å². The molecule has 3 aromatic rings. The van der Waals surface area contributed by atoms with Gasteiger partial charge in [-0.2, -0.15) is 0 Å². The zero-order valence-electron chi connectivity index (χ0n) is 9.10. The lowest BCUT2D eigenvalue weighted by molar-refractivity contribution is 0.614. The first-order chi connectivity index (χ1) is 7.86. The average molecular weight is 208 g/mol. The molecule has 0 aliphatic carbocycles. The Kier molecular flexibility index (Phi) is 2.03. The van der Waals surface area contributed by atoms with Gasteiger partial charge in [-0.15, -0.1) is 0 Å². The first kappa shape index (κ1) is 9.22. The molecule has 0 amide bonds. The van der Waals surface area contributed by atoms with Gasteiger partial charge in [0.2, 0.25) is 0 Å². The van der Waals surface area contributed by atoms with Crippen molar-refractivity contribution in [1.82, 2.24) is 0 Å². The molecule has 1 nitrogen and oxygen atoms in total. The molecule has 0 saturated carbocycles. The second kappa shape index (κ2) is 3.53. The topological polar surface area (TPSA) is 13.1 Å². The summed E-state index contributed by atoms with van der Waals surface area (Å²) in [4.78, 5) is 0. The maximum absolute atomic E-state index is 5.63. The van der Waals surface area contributed by atoms with E-state index in [1.807, 2.05) is 24.5 Å². The SMILES string of the molecule is Cc1coc2c(-c3ccccc3)cccc12. The summed E-state index contributed by atoms with van der Waals surface area (Å²) < 4.78 is 5.63. The number of hydrogen-bond acceptors (Lipinski definition) is 1. The molecule has 0 radical (unpaired) electrons. The third-order valence-electron chi connectivity index (χ3n) is 2.88. The molecule has 1 heterocycles. The van der Waals surface area contributed by atoms with Crippen molar-refractivity contribution in [3.8, 4) is 11.1 Å². The lowest BCUT2D eigenvalue weighted by Gasteiger charge is -2.01. The van der Waals surface area contributed by atoms with Crippen LogP contribution in [0.1, 0.15) is 5.56 Å². The second-order valence-electron chi connectivity index (χ2n) is 3.97. The van der Waals surface area contributed by atoms with Gasteiger partial charge in [0.25, 0.3) is 0 Å². The number of furan rings is 1. The third kappa shape index (κ3) is 1.33. The Hall–Kier alpha value is -2.02. The minimum atomic E-state index is 0.978. The van der Waals surface area contributed by atoms with Crippen LogP contribution in [0.5, 0.6) is 0 Å². The fourth-order valence-corrected chi connectivity index (χ4v) is 2.03. The van der Waals surface area contributed by atoms with E-state index in [9.17, 15) is 0 Å². The number of rotatable bonds is 1. The van der Waals surface area contributed by atoms with Crippen LogP contribution in [0.25, 0.3) is 22.1 Å². The van der Waals surface area contributed by atoms with E-state index in [0.717, 1.165) is 11.1 Å². The maximum atomic E-state index is 5.63. The highest BCUT2D eigenvalue weighted by Crippen LogP contribution is 2.30. The highest BCUT2D eigenvalue weighted by atomic mass is 16.3. The van der Waals surface area contributed by atoms with Crippen molar-refractivity contribution in [2.75, 3.05) is 0 Å². The summed E-state index contributed by atoms with van der Waals surface area (Å²) in [6.45, 7) is 2.07. The fourth-order valence-electron chi connectivity index (χ4n) is 2.03. The molecule has 3 rings (SSSR count). The molecular weight excluding hydrogens is 196 g/mol. The van der Waals surface area contributed by atoms with Gasteiger partial charge in [0.05, 0.1) is 6.26 Å². The molecule has 0 unspecified atom stereocenters. The van der Waals surface area contributed by atoms with Gasteiger partial charge in [0, 0.05) is 10.9 Å². The Balaban J connectivity index is 2.32. The molecule has 0 fully saturated rings. The Morgan fingerprint density at radius 1 is 0.875 bits per heavy atom. The summed E-state index contributed by atoms with van der Waals surface area (Å²) in [7, 11) is 0. The maximum Gasteiger partial charge on any atom is 0.141 e. The van der Waals surface area contributed by atoms with Gasteiger partial charge in [-0.25, -0.2) is 0 Å². The predicted octanol–water partition coefficient (Wildman–Crippen LogP) is 4.41. The third-order valence-corrected chi connectivity index (χ3v) is 2.88. The summed E-state index contributed by atoms with van der Waals surface area (Å²) in [5.74, 6) is 0. The van der Waals surface area contributed by atoms with Crippen molar-refractivity contribution in [2.45, 2.75) is 6.92 Å². The molecular formula is C15H12O. The van der Waals surface area contributed by atoms with Gasteiger partial charge in [-0.3, -0.25) is 0 Å². The minimum absolute atomic E-state index is 0.978. The monoisotopic (exact) mass is 208 g/mol. The number of aryl methyl sites for hydroxylation is 1. The Morgan fingerprint density at radius 3 is 2.50 bits per heavy atom. The largest absolute Gasteiger partial charge is 0.463 e. The molecule has 16 heavy (non-hydrogen) atoms.